The van der Waals surface area contributed by atoms with Crippen molar-refractivity contribution in [3.63, 3.8) is 0 Å². The fraction of sp³-hybridized carbons (Fsp3) is 0.914. The van der Waals surface area contributed by atoms with Crippen LogP contribution in [0.2, 0.25) is 0 Å². The van der Waals surface area contributed by atoms with Gasteiger partial charge in [0.2, 0.25) is 11.8 Å². The Hall–Kier alpha value is -0.720. The number of aliphatic hydroxyl groups is 1. The number of ether oxygens (including phenoxy) is 6. The van der Waals surface area contributed by atoms with Gasteiger partial charge in [0.15, 0.2) is 12.4 Å². The van der Waals surface area contributed by atoms with Crippen molar-refractivity contribution in [2.75, 3.05) is 13.2 Å². The Balaban J connectivity index is -0.0000354. The fourth-order valence-electron chi connectivity index (χ4n) is 13.5. The molecular formula is C81H148N2Na3O19P. The number of aliphatic hydroxyl groups excluding tert-OH is 1. The Morgan fingerprint density at radius 3 is 1.00 bits per heavy atom. The van der Waals surface area contributed by atoms with Gasteiger partial charge in [-0.1, -0.05) is 311 Å². The zero-order valence-electron chi connectivity index (χ0n) is 68.7. The summed E-state index contributed by atoms with van der Waals surface area (Å²) in [5.41, 5.74) is 0. The normalized spacial score (nSPS) is 16.8. The van der Waals surface area contributed by atoms with Gasteiger partial charge in [0.25, 0.3) is 0 Å². The number of hydrogen-bond donors (Lipinski definition) is 3. The Morgan fingerprint density at radius 1 is 0.406 bits per heavy atom. The molecule has 1 saturated heterocycles. The third-order valence-electron chi connectivity index (χ3n) is 19.7. The Kier molecular flexibility index (Phi) is 78.1. The monoisotopic (exact) mass is 1550 g/mol. The molecule has 1 fully saturated rings. The number of esters is 4. The van der Waals surface area contributed by atoms with E-state index < -0.39 is 137 Å². The van der Waals surface area contributed by atoms with E-state index in [-0.39, 0.29) is 114 Å². The van der Waals surface area contributed by atoms with Crippen molar-refractivity contribution in [3.8, 4) is 0 Å². The number of nitrogens with one attached hydrogen (secondary N) is 2. The molecule has 3 N–H and O–H groups in total. The molecule has 0 bridgehead atoms. The summed E-state index contributed by atoms with van der Waals surface area (Å²) in [7, 11) is -6.07. The second kappa shape index (κ2) is 75.6. The van der Waals surface area contributed by atoms with Crippen LogP contribution in [0.25, 0.3) is 0 Å². The minimum atomic E-state index is -6.07. The van der Waals surface area contributed by atoms with Crippen molar-refractivity contribution >= 4 is 49.5 Å². The Labute approximate surface area is 709 Å². The molecule has 1 aliphatic rings. The molecular weight excluding hydrogens is 1400 g/mol. The molecule has 0 radical (unpaired) electrons. The molecule has 1 aliphatic heterocycles. The maximum Gasteiger partial charge on any atom is 1.00 e. The van der Waals surface area contributed by atoms with Crippen LogP contribution in [-0.2, 0) is 71.1 Å². The molecule has 0 aromatic rings. The predicted octanol–water partition coefficient (Wildman–Crippen LogP) is 7.67. The van der Waals surface area contributed by atoms with Gasteiger partial charge in [-0.3, -0.25) is 28.8 Å². The van der Waals surface area contributed by atoms with Gasteiger partial charge in [-0.05, 0) is 57.8 Å². The summed E-state index contributed by atoms with van der Waals surface area (Å²) >= 11 is 0. The van der Waals surface area contributed by atoms with Gasteiger partial charge < -0.3 is 72.9 Å². The molecule has 2 amide bonds. The van der Waals surface area contributed by atoms with E-state index in [1.54, 1.807) is 0 Å². The molecule has 0 saturated carbocycles. The zero-order valence-corrected chi connectivity index (χ0v) is 75.6. The number of rotatable bonds is 73. The van der Waals surface area contributed by atoms with Gasteiger partial charge in [-0.2, -0.15) is 0 Å². The fourth-order valence-corrected chi connectivity index (χ4v) is 14.0. The number of carboxylic acid groups (broad SMARTS) is 1. The molecule has 9 atom stereocenters. The van der Waals surface area contributed by atoms with Crippen LogP contribution >= 0.6 is 7.82 Å². The number of phosphoric ester groups is 1. The maximum absolute atomic E-state index is 14.8. The molecule has 106 heavy (non-hydrogen) atoms. The molecule has 25 heteroatoms. The third-order valence-corrected chi connectivity index (χ3v) is 20.2. The van der Waals surface area contributed by atoms with Crippen LogP contribution in [0.3, 0.4) is 0 Å². The zero-order chi connectivity index (χ0) is 75.8. The van der Waals surface area contributed by atoms with Crippen molar-refractivity contribution in [1.29, 1.82) is 0 Å². The third kappa shape index (κ3) is 62.7. The number of hydrogen-bond acceptors (Lipinski definition) is 19. The first-order valence-electron chi connectivity index (χ1n) is 42.0. The first-order chi connectivity index (χ1) is 49.8. The average Bonchev–Trinajstić information content (AvgIpc) is 0.780. The standard InChI is InChI=1S/C81H151N2O19P.3Na/c1-7-13-19-25-31-34-40-43-49-55-66(97-73(87)58-52-46-37-28-22-16-10-4)61-71(85)82-69(80(91)92)65-96-81-77(83-72(86)62-67(56-50-44-41-35-32-26-20-14-8-2)98-74(88)59-53-47-38-29-23-17-11-5)79(78(70(64-84)100-81)102-103(93,94)95)101-76(90)63-68(57-51-45-42-36-33-27-21-15-9-3)99-75(89)60-54-48-39-30-24-18-12-6;;;/h66-70,77-79,81,84H,7-65H2,1-6H3,(H,82,85)(H,83,86)(H,91,92)(H2,93,94,95);;;/q;3*+1/p-3/t66-,67-,68-,69-,70-,77-,78-,79-,81-;;;/m1.../s1. The van der Waals surface area contributed by atoms with Crippen LogP contribution in [0, 0.1) is 0 Å². The summed E-state index contributed by atoms with van der Waals surface area (Å²) in [6, 6.07) is -3.80. The number of phosphoric acid groups is 1. The number of carbonyl (C=O) groups excluding carboxylic acids is 7. The van der Waals surface area contributed by atoms with E-state index in [4.69, 9.17) is 32.9 Å². The van der Waals surface area contributed by atoms with E-state index in [0.717, 1.165) is 231 Å². The van der Waals surface area contributed by atoms with E-state index >= 15 is 0 Å². The second-order valence-electron chi connectivity index (χ2n) is 29.5. The van der Waals surface area contributed by atoms with Crippen molar-refractivity contribution in [2.24, 2.45) is 0 Å². The molecule has 0 aliphatic carbocycles. The first kappa shape index (κ1) is 109. The summed E-state index contributed by atoms with van der Waals surface area (Å²) in [5, 5.41) is 29.1. The molecule has 0 spiro atoms. The summed E-state index contributed by atoms with van der Waals surface area (Å²) in [5.74, 6) is -6.01. The van der Waals surface area contributed by atoms with Crippen LogP contribution < -0.4 is 114 Å². The van der Waals surface area contributed by atoms with E-state index in [2.05, 4.69) is 52.2 Å². The first-order valence-corrected chi connectivity index (χ1v) is 43.5. The van der Waals surface area contributed by atoms with Gasteiger partial charge in [-0.15, -0.1) is 0 Å². The smallest absolute Gasteiger partial charge is 0.790 e. The van der Waals surface area contributed by atoms with Gasteiger partial charge in [-0.25, -0.2) is 0 Å². The largest absolute Gasteiger partial charge is 1.00 e. The van der Waals surface area contributed by atoms with Crippen molar-refractivity contribution < 1.29 is 180 Å². The summed E-state index contributed by atoms with van der Waals surface area (Å²) in [6.07, 6.45) is 36.8. The van der Waals surface area contributed by atoms with Crippen LogP contribution in [0.5, 0.6) is 0 Å². The van der Waals surface area contributed by atoms with Gasteiger partial charge in [0, 0.05) is 19.3 Å². The molecule has 0 unspecified atom stereocenters. The number of carbonyl (C=O) groups is 7. The topological polar surface area (TPSA) is 315 Å². The number of amides is 2. The number of carboxylic acids is 1. The van der Waals surface area contributed by atoms with Crippen molar-refractivity contribution in [1.82, 2.24) is 10.6 Å². The molecule has 604 valence electrons. The molecule has 1 heterocycles. The van der Waals surface area contributed by atoms with Gasteiger partial charge in [0.1, 0.15) is 36.6 Å². The number of unbranched alkanes of at least 4 members (excludes halogenated alkanes) is 42. The van der Waals surface area contributed by atoms with Gasteiger partial charge in [0.05, 0.1) is 52.3 Å². The van der Waals surface area contributed by atoms with E-state index in [1.165, 1.54) is 38.5 Å². The quantitative estimate of drug-likeness (QED) is 0.0173. The van der Waals surface area contributed by atoms with Crippen LogP contribution in [-0.4, -0.2) is 115 Å². The second-order valence-corrected chi connectivity index (χ2v) is 30.6. The van der Waals surface area contributed by atoms with Crippen LogP contribution in [0.1, 0.15) is 408 Å². The number of aliphatic carboxylic acids is 1. The minimum Gasteiger partial charge on any atom is -0.790 e. The molecule has 0 aromatic heterocycles. The Bertz CT molecular complexity index is 2190. The summed E-state index contributed by atoms with van der Waals surface area (Å²) in [4.78, 5) is 122. The molecule has 0 aromatic carbocycles. The molecule has 21 nitrogen and oxygen atoms in total. The summed E-state index contributed by atoms with van der Waals surface area (Å²) < 4.78 is 54.1. The van der Waals surface area contributed by atoms with E-state index in [0.29, 0.717) is 51.4 Å². The van der Waals surface area contributed by atoms with Crippen LogP contribution in [0.4, 0.5) is 0 Å². The van der Waals surface area contributed by atoms with Crippen molar-refractivity contribution in [2.45, 2.75) is 463 Å². The minimum absolute atomic E-state index is 0. The average molecular weight is 1550 g/mol. The van der Waals surface area contributed by atoms with E-state index in [1.807, 2.05) is 0 Å². The summed E-state index contributed by atoms with van der Waals surface area (Å²) in [6.45, 7) is 10.9. The van der Waals surface area contributed by atoms with E-state index in [9.17, 15) is 58.1 Å². The Morgan fingerprint density at radius 2 is 0.698 bits per heavy atom. The maximum atomic E-state index is 14.8. The van der Waals surface area contributed by atoms with Gasteiger partial charge >= 0.3 is 113 Å². The van der Waals surface area contributed by atoms with Crippen LogP contribution in [0.15, 0.2) is 0 Å². The predicted molar refractivity (Wildman–Crippen MR) is 400 cm³/mol. The molecule has 1 rings (SSSR count). The van der Waals surface area contributed by atoms with Crippen molar-refractivity contribution in [3.05, 3.63) is 0 Å². The SMILES string of the molecule is CCCCCCCCCCC[C@H](CC(=O)N[C@H]1[C@H](OC[C@@H](NC(=O)C[C@@H](CCCCCCCCCCC)OC(=O)CCCCCCCCC)C(=O)[O-])O[C@H](CO)[C@@H](OP(=O)([O-])[O-])[C@@H]1OC(=O)C[C@@H](CCCCCCCCCCC)OC(=O)CCCCCCCCC)OC(=O)CCCCCCCCC.[Na+].[Na+].[Na+].